The highest BCUT2D eigenvalue weighted by Gasteiger charge is 2.10. The van der Waals surface area contributed by atoms with Crippen LogP contribution >= 0.6 is 23.2 Å². The highest BCUT2D eigenvalue weighted by molar-refractivity contribution is 6.42. The molecule has 3 nitrogen and oxygen atoms in total. The molecule has 106 valence electrons. The fourth-order valence-corrected chi connectivity index (χ4v) is 2.03. The minimum atomic E-state index is -0.0676. The number of aliphatic hydroxyl groups excluding tert-OH is 1. The van der Waals surface area contributed by atoms with Gasteiger partial charge in [-0.1, -0.05) is 43.1 Å². The average molecular weight is 312 g/mol. The first-order chi connectivity index (χ1) is 9.51. The maximum atomic E-state index is 9.30. The van der Waals surface area contributed by atoms with Gasteiger partial charge in [-0.05, 0) is 29.7 Å². The van der Waals surface area contributed by atoms with Crippen molar-refractivity contribution in [3.8, 4) is 11.6 Å². The van der Waals surface area contributed by atoms with Crippen molar-refractivity contribution < 1.29 is 9.84 Å². The molecule has 0 radical (unpaired) electrons. The van der Waals surface area contributed by atoms with Crippen molar-refractivity contribution in [1.82, 2.24) is 4.98 Å². The summed E-state index contributed by atoms with van der Waals surface area (Å²) in [6.45, 7) is 3.99. The molecule has 0 atom stereocenters. The summed E-state index contributed by atoms with van der Waals surface area (Å²) >= 11 is 12.0. The third-order valence-corrected chi connectivity index (χ3v) is 3.59. The van der Waals surface area contributed by atoms with Crippen LogP contribution in [0.25, 0.3) is 0 Å². The van der Waals surface area contributed by atoms with E-state index in [1.807, 2.05) is 19.9 Å². The van der Waals surface area contributed by atoms with Gasteiger partial charge in [0.1, 0.15) is 10.8 Å². The predicted octanol–water partition coefficient (Wildman–Crippen LogP) is 4.80. The molecular formula is C15H15Cl2NO2. The zero-order valence-electron chi connectivity index (χ0n) is 11.2. The average Bonchev–Trinajstić information content (AvgIpc) is 2.43. The first kappa shape index (κ1) is 15.1. The largest absolute Gasteiger partial charge is 0.437 e. The molecule has 2 aromatic rings. The molecule has 0 saturated carbocycles. The quantitative estimate of drug-likeness (QED) is 0.882. The predicted molar refractivity (Wildman–Crippen MR) is 80.8 cm³/mol. The zero-order valence-corrected chi connectivity index (χ0v) is 12.7. The smallest absolute Gasteiger partial charge is 0.219 e. The van der Waals surface area contributed by atoms with E-state index in [0.29, 0.717) is 21.7 Å². The van der Waals surface area contributed by atoms with Gasteiger partial charge in [0.15, 0.2) is 0 Å². The third kappa shape index (κ3) is 3.42. The maximum absolute atomic E-state index is 9.30. The van der Waals surface area contributed by atoms with E-state index in [9.17, 15) is 5.11 Å². The van der Waals surface area contributed by atoms with Crippen LogP contribution in [-0.4, -0.2) is 10.1 Å². The standard InChI is InChI=1S/C15H15Cl2NO2/c1-9(2)12-6-10(8-19)7-14(18-12)20-13-5-3-4-11(16)15(13)17/h3-7,9,19H,8H2,1-2H3. The number of nitrogens with zero attached hydrogens (tertiary/aromatic N) is 1. The van der Waals surface area contributed by atoms with Gasteiger partial charge in [0.05, 0.1) is 11.6 Å². The lowest BCUT2D eigenvalue weighted by Crippen LogP contribution is -1.99. The van der Waals surface area contributed by atoms with Gasteiger partial charge in [0, 0.05) is 11.8 Å². The summed E-state index contributed by atoms with van der Waals surface area (Å²) in [5, 5.41) is 10.1. The first-order valence-corrected chi connectivity index (χ1v) is 7.00. The van der Waals surface area contributed by atoms with Crippen LogP contribution in [0.4, 0.5) is 0 Å². The van der Waals surface area contributed by atoms with Crippen molar-refractivity contribution in [3.63, 3.8) is 0 Å². The number of hydrogen-bond acceptors (Lipinski definition) is 3. The number of hydrogen-bond donors (Lipinski definition) is 1. The van der Waals surface area contributed by atoms with Gasteiger partial charge >= 0.3 is 0 Å². The van der Waals surface area contributed by atoms with Gasteiger partial charge in [-0.3, -0.25) is 0 Å². The summed E-state index contributed by atoms with van der Waals surface area (Å²) in [4.78, 5) is 4.41. The Hall–Kier alpha value is -1.29. The molecule has 1 N–H and O–H groups in total. The Kier molecular flexibility index (Phi) is 4.86. The van der Waals surface area contributed by atoms with Crippen LogP contribution in [0.3, 0.4) is 0 Å². The van der Waals surface area contributed by atoms with E-state index >= 15 is 0 Å². The molecule has 0 aliphatic carbocycles. The van der Waals surface area contributed by atoms with Crippen LogP contribution in [0.5, 0.6) is 11.6 Å². The van der Waals surface area contributed by atoms with E-state index in [-0.39, 0.29) is 12.5 Å². The van der Waals surface area contributed by atoms with E-state index in [4.69, 9.17) is 27.9 Å². The van der Waals surface area contributed by atoms with Crippen molar-refractivity contribution in [3.05, 3.63) is 51.6 Å². The Labute approximate surface area is 128 Å². The molecule has 1 aromatic heterocycles. The van der Waals surface area contributed by atoms with Crippen LogP contribution in [-0.2, 0) is 6.61 Å². The number of aliphatic hydroxyl groups is 1. The van der Waals surface area contributed by atoms with Gasteiger partial charge < -0.3 is 9.84 Å². The highest BCUT2D eigenvalue weighted by atomic mass is 35.5. The highest BCUT2D eigenvalue weighted by Crippen LogP contribution is 2.34. The molecule has 0 unspecified atom stereocenters. The van der Waals surface area contributed by atoms with Crippen LogP contribution < -0.4 is 4.74 Å². The minimum absolute atomic E-state index is 0.0676. The molecule has 0 amide bonds. The molecule has 0 fully saturated rings. The molecule has 1 aromatic carbocycles. The monoisotopic (exact) mass is 311 g/mol. The van der Waals surface area contributed by atoms with Crippen LogP contribution in [0, 0.1) is 0 Å². The van der Waals surface area contributed by atoms with E-state index in [0.717, 1.165) is 11.3 Å². The Morgan fingerprint density at radius 3 is 2.65 bits per heavy atom. The molecule has 0 bridgehead atoms. The first-order valence-electron chi connectivity index (χ1n) is 6.25. The maximum Gasteiger partial charge on any atom is 0.219 e. The number of pyridine rings is 1. The second-order valence-electron chi connectivity index (χ2n) is 4.71. The van der Waals surface area contributed by atoms with Gasteiger partial charge in [-0.2, -0.15) is 0 Å². The number of halogens is 2. The van der Waals surface area contributed by atoms with E-state index < -0.39 is 0 Å². The zero-order chi connectivity index (χ0) is 14.7. The van der Waals surface area contributed by atoms with Gasteiger partial charge in [-0.25, -0.2) is 4.98 Å². The lowest BCUT2D eigenvalue weighted by molar-refractivity contribution is 0.280. The molecule has 0 spiro atoms. The van der Waals surface area contributed by atoms with Crippen LogP contribution in [0.2, 0.25) is 10.0 Å². The molecular weight excluding hydrogens is 297 g/mol. The third-order valence-electron chi connectivity index (χ3n) is 2.79. The van der Waals surface area contributed by atoms with Gasteiger partial charge in [-0.15, -0.1) is 0 Å². The van der Waals surface area contributed by atoms with Crippen molar-refractivity contribution in [1.29, 1.82) is 0 Å². The summed E-state index contributed by atoms with van der Waals surface area (Å²) < 4.78 is 5.68. The second kappa shape index (κ2) is 6.44. The Bertz CT molecular complexity index is 615. The van der Waals surface area contributed by atoms with E-state index in [1.54, 1.807) is 24.3 Å². The second-order valence-corrected chi connectivity index (χ2v) is 5.49. The Morgan fingerprint density at radius 1 is 1.25 bits per heavy atom. The van der Waals surface area contributed by atoms with Crippen LogP contribution in [0.1, 0.15) is 31.0 Å². The molecule has 5 heteroatoms. The molecule has 20 heavy (non-hydrogen) atoms. The van der Waals surface area contributed by atoms with Crippen molar-refractivity contribution in [2.75, 3.05) is 0 Å². The Balaban J connectivity index is 2.37. The lowest BCUT2D eigenvalue weighted by atomic mass is 10.1. The van der Waals surface area contributed by atoms with Crippen molar-refractivity contribution in [2.45, 2.75) is 26.4 Å². The normalized spacial score (nSPS) is 10.9. The van der Waals surface area contributed by atoms with E-state index in [1.165, 1.54) is 0 Å². The van der Waals surface area contributed by atoms with Gasteiger partial charge in [0.25, 0.3) is 0 Å². The topological polar surface area (TPSA) is 42.4 Å². The summed E-state index contributed by atoms with van der Waals surface area (Å²) in [7, 11) is 0. The fourth-order valence-electron chi connectivity index (χ4n) is 1.70. The minimum Gasteiger partial charge on any atom is -0.437 e. The molecule has 0 aliphatic heterocycles. The molecule has 0 aliphatic rings. The van der Waals surface area contributed by atoms with Crippen molar-refractivity contribution in [2.24, 2.45) is 0 Å². The summed E-state index contributed by atoms with van der Waals surface area (Å²) in [6.07, 6.45) is 0. The number of ether oxygens (including phenoxy) is 1. The molecule has 1 heterocycles. The lowest BCUT2D eigenvalue weighted by Gasteiger charge is -2.12. The van der Waals surface area contributed by atoms with Crippen molar-refractivity contribution >= 4 is 23.2 Å². The number of rotatable bonds is 4. The SMILES string of the molecule is CC(C)c1cc(CO)cc(Oc2cccc(Cl)c2Cl)n1. The number of aromatic nitrogens is 1. The van der Waals surface area contributed by atoms with Gasteiger partial charge in [0.2, 0.25) is 5.88 Å². The molecule has 2 rings (SSSR count). The van der Waals surface area contributed by atoms with Crippen LogP contribution in [0.15, 0.2) is 30.3 Å². The Morgan fingerprint density at radius 2 is 2.00 bits per heavy atom. The summed E-state index contributed by atoms with van der Waals surface area (Å²) in [5.74, 6) is 1.07. The fraction of sp³-hybridized carbons (Fsp3) is 0.267. The summed E-state index contributed by atoms with van der Waals surface area (Å²) in [5.41, 5.74) is 1.60. The summed E-state index contributed by atoms with van der Waals surface area (Å²) in [6, 6.07) is 8.70. The van der Waals surface area contributed by atoms with E-state index in [2.05, 4.69) is 4.98 Å². The molecule has 0 saturated heterocycles. The number of benzene rings is 1.